The molecule has 0 saturated heterocycles. The largest absolute Gasteiger partial charge is 0.497 e. The van der Waals surface area contributed by atoms with Crippen molar-refractivity contribution in [2.45, 2.75) is 6.54 Å². The molecule has 0 bridgehead atoms. The Morgan fingerprint density at radius 2 is 1.65 bits per heavy atom. The maximum Gasteiger partial charge on any atom is 0.167 e. The Labute approximate surface area is 179 Å². The molecule has 2 aromatic heterocycles. The second-order valence-corrected chi connectivity index (χ2v) is 7.04. The van der Waals surface area contributed by atoms with Gasteiger partial charge in [-0.05, 0) is 48.5 Å². The zero-order valence-electron chi connectivity index (χ0n) is 17.1. The van der Waals surface area contributed by atoms with E-state index in [4.69, 9.17) is 19.0 Å². The van der Waals surface area contributed by atoms with Crippen molar-refractivity contribution in [3.05, 3.63) is 84.9 Å². The number of rotatable bonds is 7. The molecule has 5 rings (SSSR count). The van der Waals surface area contributed by atoms with E-state index in [2.05, 4.69) is 15.8 Å². The number of aromatic nitrogens is 3. The van der Waals surface area contributed by atoms with Crippen molar-refractivity contribution in [1.82, 2.24) is 14.7 Å². The summed E-state index contributed by atoms with van der Waals surface area (Å²) in [6, 6.07) is 27.4. The Hall–Kier alpha value is -4.06. The van der Waals surface area contributed by atoms with Crippen LogP contribution in [0.25, 0.3) is 33.9 Å². The lowest BCUT2D eigenvalue weighted by atomic mass is 10.1. The highest BCUT2D eigenvalue weighted by Gasteiger charge is 2.17. The van der Waals surface area contributed by atoms with E-state index in [1.54, 1.807) is 7.11 Å². The fourth-order valence-corrected chi connectivity index (χ4v) is 3.54. The van der Waals surface area contributed by atoms with Gasteiger partial charge < -0.3 is 18.6 Å². The SMILES string of the molecule is COc1ccc(-c2cc(-c3nc4ccccc4n3CCOc3ccccc3)no2)cc1. The number of para-hydroxylation sites is 3. The predicted molar refractivity (Wildman–Crippen MR) is 119 cm³/mol. The summed E-state index contributed by atoms with van der Waals surface area (Å²) in [4.78, 5) is 4.81. The molecule has 6 heteroatoms. The third-order valence-electron chi connectivity index (χ3n) is 5.10. The monoisotopic (exact) mass is 411 g/mol. The quantitative estimate of drug-likeness (QED) is 0.357. The number of nitrogens with zero attached hydrogens (tertiary/aromatic N) is 3. The Bertz CT molecular complexity index is 1290. The molecule has 0 aliphatic carbocycles. The van der Waals surface area contributed by atoms with Crippen LogP contribution in [-0.2, 0) is 6.54 Å². The molecule has 0 amide bonds. The number of methoxy groups -OCH3 is 1. The van der Waals surface area contributed by atoms with Gasteiger partial charge in [0, 0.05) is 11.6 Å². The summed E-state index contributed by atoms with van der Waals surface area (Å²) in [7, 11) is 1.65. The Morgan fingerprint density at radius 3 is 2.45 bits per heavy atom. The number of imidazole rings is 1. The lowest BCUT2D eigenvalue weighted by Gasteiger charge is -2.09. The highest BCUT2D eigenvalue weighted by molar-refractivity contribution is 5.80. The summed E-state index contributed by atoms with van der Waals surface area (Å²) in [5.74, 6) is 3.07. The van der Waals surface area contributed by atoms with Gasteiger partial charge in [-0.3, -0.25) is 0 Å². The lowest BCUT2D eigenvalue weighted by Crippen LogP contribution is -2.09. The summed E-state index contributed by atoms with van der Waals surface area (Å²) in [6.07, 6.45) is 0. The third kappa shape index (κ3) is 3.88. The number of benzene rings is 3. The van der Waals surface area contributed by atoms with Gasteiger partial charge in [0.1, 0.15) is 23.8 Å². The number of ether oxygens (including phenoxy) is 2. The van der Waals surface area contributed by atoms with Crippen LogP contribution in [0.5, 0.6) is 11.5 Å². The molecular weight excluding hydrogens is 390 g/mol. The molecule has 5 aromatic rings. The number of fused-ring (bicyclic) bond motifs is 1. The first-order chi connectivity index (χ1) is 15.3. The molecule has 3 aromatic carbocycles. The molecule has 0 radical (unpaired) electrons. The molecule has 0 unspecified atom stereocenters. The van der Waals surface area contributed by atoms with Gasteiger partial charge in [0.15, 0.2) is 11.6 Å². The van der Waals surface area contributed by atoms with Crippen LogP contribution in [0.15, 0.2) is 89.5 Å². The predicted octanol–water partition coefficient (Wildman–Crippen LogP) is 5.45. The standard InChI is InChI=1S/C25H21N3O3/c1-29-19-13-11-18(12-14-19)24-17-22(27-31-24)25-26-21-9-5-6-10-23(21)28(25)15-16-30-20-7-3-2-4-8-20/h2-14,17H,15-16H2,1H3. The van der Waals surface area contributed by atoms with Crippen LogP contribution in [0.1, 0.15) is 0 Å². The van der Waals surface area contributed by atoms with Gasteiger partial charge in [0.05, 0.1) is 24.7 Å². The topological polar surface area (TPSA) is 62.3 Å². The van der Waals surface area contributed by atoms with E-state index in [1.165, 1.54) is 0 Å². The van der Waals surface area contributed by atoms with E-state index in [0.717, 1.165) is 33.9 Å². The Kier molecular flexibility index (Phi) is 5.10. The van der Waals surface area contributed by atoms with Crippen molar-refractivity contribution in [3.8, 4) is 34.3 Å². The highest BCUT2D eigenvalue weighted by Crippen LogP contribution is 2.29. The molecule has 0 aliphatic heterocycles. The van der Waals surface area contributed by atoms with E-state index in [1.807, 2.05) is 78.9 Å². The number of hydrogen-bond donors (Lipinski definition) is 0. The van der Waals surface area contributed by atoms with Gasteiger partial charge in [-0.15, -0.1) is 0 Å². The van der Waals surface area contributed by atoms with Gasteiger partial charge in [-0.25, -0.2) is 4.98 Å². The molecule has 0 atom stereocenters. The molecule has 6 nitrogen and oxygen atoms in total. The van der Waals surface area contributed by atoms with Crippen molar-refractivity contribution in [1.29, 1.82) is 0 Å². The first-order valence-electron chi connectivity index (χ1n) is 10.1. The smallest absolute Gasteiger partial charge is 0.167 e. The Morgan fingerprint density at radius 1 is 0.871 bits per heavy atom. The zero-order valence-corrected chi connectivity index (χ0v) is 17.1. The van der Waals surface area contributed by atoms with Crippen molar-refractivity contribution in [2.24, 2.45) is 0 Å². The Balaban J connectivity index is 1.45. The minimum absolute atomic E-state index is 0.514. The average Bonchev–Trinajstić information content (AvgIpc) is 3.45. The normalized spacial score (nSPS) is 11.0. The average molecular weight is 411 g/mol. The van der Waals surface area contributed by atoms with Gasteiger partial charge in [0.25, 0.3) is 0 Å². The first-order valence-corrected chi connectivity index (χ1v) is 10.1. The van der Waals surface area contributed by atoms with Crippen molar-refractivity contribution in [2.75, 3.05) is 13.7 Å². The molecule has 0 N–H and O–H groups in total. The molecule has 2 heterocycles. The molecular formula is C25H21N3O3. The minimum atomic E-state index is 0.514. The van der Waals surface area contributed by atoms with Gasteiger partial charge in [-0.2, -0.15) is 0 Å². The van der Waals surface area contributed by atoms with Gasteiger partial charge in [-0.1, -0.05) is 35.5 Å². The van der Waals surface area contributed by atoms with Crippen LogP contribution in [0.2, 0.25) is 0 Å². The van der Waals surface area contributed by atoms with Crippen molar-refractivity contribution < 1.29 is 14.0 Å². The molecule has 31 heavy (non-hydrogen) atoms. The lowest BCUT2D eigenvalue weighted by molar-refractivity contribution is 0.300. The summed E-state index contributed by atoms with van der Waals surface area (Å²) in [5, 5.41) is 4.30. The molecule has 0 spiro atoms. The van der Waals surface area contributed by atoms with E-state index in [-0.39, 0.29) is 0 Å². The van der Waals surface area contributed by atoms with Crippen molar-refractivity contribution in [3.63, 3.8) is 0 Å². The molecule has 0 fully saturated rings. The molecule has 154 valence electrons. The second kappa shape index (κ2) is 8.36. The van der Waals surface area contributed by atoms with Crippen LogP contribution in [0.4, 0.5) is 0 Å². The van der Waals surface area contributed by atoms with E-state index >= 15 is 0 Å². The van der Waals surface area contributed by atoms with Crippen LogP contribution < -0.4 is 9.47 Å². The zero-order chi connectivity index (χ0) is 21.0. The van der Waals surface area contributed by atoms with E-state index in [9.17, 15) is 0 Å². The summed E-state index contributed by atoms with van der Waals surface area (Å²) < 4.78 is 18.9. The van der Waals surface area contributed by atoms with E-state index < -0.39 is 0 Å². The van der Waals surface area contributed by atoms with Crippen LogP contribution >= 0.6 is 0 Å². The molecule has 0 aliphatic rings. The van der Waals surface area contributed by atoms with Crippen molar-refractivity contribution >= 4 is 11.0 Å². The molecule has 0 saturated carbocycles. The summed E-state index contributed by atoms with van der Waals surface area (Å²) in [5.41, 5.74) is 3.55. The summed E-state index contributed by atoms with van der Waals surface area (Å²) >= 11 is 0. The minimum Gasteiger partial charge on any atom is -0.497 e. The maximum atomic E-state index is 5.91. The fourth-order valence-electron chi connectivity index (χ4n) is 3.54. The number of hydrogen-bond acceptors (Lipinski definition) is 5. The van der Waals surface area contributed by atoms with Crippen LogP contribution in [0, 0.1) is 0 Å². The maximum absolute atomic E-state index is 5.91. The van der Waals surface area contributed by atoms with Crippen LogP contribution in [0.3, 0.4) is 0 Å². The fraction of sp³-hybridized carbons (Fsp3) is 0.120. The third-order valence-corrected chi connectivity index (χ3v) is 5.10. The van der Waals surface area contributed by atoms with Gasteiger partial charge >= 0.3 is 0 Å². The summed E-state index contributed by atoms with van der Waals surface area (Å²) in [6.45, 7) is 1.15. The van der Waals surface area contributed by atoms with Gasteiger partial charge in [0.2, 0.25) is 0 Å². The first kappa shape index (κ1) is 18.9. The second-order valence-electron chi connectivity index (χ2n) is 7.04. The van der Waals surface area contributed by atoms with E-state index in [0.29, 0.717) is 24.6 Å². The van der Waals surface area contributed by atoms with Crippen LogP contribution in [-0.4, -0.2) is 28.4 Å². The highest BCUT2D eigenvalue weighted by atomic mass is 16.5.